The molecule has 0 spiro atoms. The Morgan fingerprint density at radius 1 is 0.962 bits per heavy atom. The average Bonchev–Trinajstić information content (AvgIpc) is 3.33. The van der Waals surface area contributed by atoms with Gasteiger partial charge in [0.25, 0.3) is 11.5 Å². The van der Waals surface area contributed by atoms with Crippen molar-refractivity contribution in [3.05, 3.63) is 83.1 Å². The van der Waals surface area contributed by atoms with Gasteiger partial charge in [-0.1, -0.05) is 42.5 Å². The lowest BCUT2D eigenvalue weighted by atomic mass is 10.1. The quantitative estimate of drug-likeness (QED) is 0.527. The Morgan fingerprint density at radius 2 is 1.73 bits per heavy atom. The topological polar surface area (TPSA) is 104 Å². The maximum atomic E-state index is 12.5. The van der Waals surface area contributed by atoms with Crippen LogP contribution in [-0.4, -0.2) is 21.1 Å². The first-order valence-electron chi connectivity index (χ1n) is 7.89. The van der Waals surface area contributed by atoms with Crippen LogP contribution in [0.15, 0.2) is 76.4 Å². The molecule has 0 fully saturated rings. The molecule has 2 aromatic carbocycles. The first kappa shape index (κ1) is 15.6. The normalized spacial score (nSPS) is 10.6. The van der Waals surface area contributed by atoms with Gasteiger partial charge in [-0.25, -0.2) is 4.98 Å². The van der Waals surface area contributed by atoms with E-state index >= 15 is 0 Å². The Labute approximate surface area is 147 Å². The van der Waals surface area contributed by atoms with E-state index in [9.17, 15) is 9.59 Å². The molecule has 4 aromatic rings. The molecule has 2 aromatic heterocycles. The number of rotatable bonds is 4. The molecule has 3 N–H and O–H groups in total. The zero-order chi connectivity index (χ0) is 17.9. The molecule has 0 saturated carbocycles. The molecule has 4 rings (SSSR count). The van der Waals surface area contributed by atoms with Gasteiger partial charge in [0, 0.05) is 11.1 Å². The number of aromatic amines is 2. The predicted octanol–water partition coefficient (Wildman–Crippen LogP) is 3.28. The Bertz CT molecular complexity index is 1080. The van der Waals surface area contributed by atoms with Crippen molar-refractivity contribution in [2.75, 3.05) is 5.32 Å². The number of H-pyrrole nitrogens is 2. The number of hydrogen-bond acceptors (Lipinski definition) is 4. The van der Waals surface area contributed by atoms with Crippen molar-refractivity contribution >= 4 is 11.7 Å². The number of carbonyl (C=O) groups is 1. The monoisotopic (exact) mass is 346 g/mol. The third-order valence-electron chi connectivity index (χ3n) is 3.94. The fraction of sp³-hybridized carbons (Fsp3) is 0. The lowest BCUT2D eigenvalue weighted by molar-refractivity contribution is 0.102. The summed E-state index contributed by atoms with van der Waals surface area (Å²) in [5.41, 5.74) is 2.07. The number of oxazole rings is 1. The summed E-state index contributed by atoms with van der Waals surface area (Å²) >= 11 is 0. The van der Waals surface area contributed by atoms with Gasteiger partial charge in [-0.05, 0) is 17.7 Å². The molecule has 0 radical (unpaired) electrons. The summed E-state index contributed by atoms with van der Waals surface area (Å²) in [7, 11) is 0. The van der Waals surface area contributed by atoms with Crippen molar-refractivity contribution in [3.8, 4) is 22.5 Å². The van der Waals surface area contributed by atoms with Crippen LogP contribution < -0.4 is 10.9 Å². The fourth-order valence-electron chi connectivity index (χ4n) is 2.66. The van der Waals surface area contributed by atoms with Gasteiger partial charge in [-0.15, -0.1) is 0 Å². The largest absolute Gasteiger partial charge is 0.444 e. The molecular weight excluding hydrogens is 332 g/mol. The number of amides is 1. The minimum Gasteiger partial charge on any atom is -0.444 e. The molecule has 2 heterocycles. The lowest BCUT2D eigenvalue weighted by Crippen LogP contribution is -2.13. The molecule has 0 aliphatic rings. The molecule has 0 bridgehead atoms. The first-order chi connectivity index (χ1) is 12.7. The van der Waals surface area contributed by atoms with E-state index in [-0.39, 0.29) is 11.5 Å². The van der Waals surface area contributed by atoms with Gasteiger partial charge in [0.15, 0.2) is 12.2 Å². The number of carbonyl (C=O) groups excluding carboxylic acids is 1. The second kappa shape index (κ2) is 6.56. The predicted molar refractivity (Wildman–Crippen MR) is 96.7 cm³/mol. The van der Waals surface area contributed by atoms with Crippen LogP contribution in [0.3, 0.4) is 0 Å². The van der Waals surface area contributed by atoms with E-state index < -0.39 is 0 Å². The summed E-state index contributed by atoms with van der Waals surface area (Å²) in [6.45, 7) is 0. The van der Waals surface area contributed by atoms with Crippen LogP contribution in [0.25, 0.3) is 22.5 Å². The third-order valence-corrected chi connectivity index (χ3v) is 3.94. The molecule has 26 heavy (non-hydrogen) atoms. The minimum absolute atomic E-state index is 0.299. The summed E-state index contributed by atoms with van der Waals surface area (Å²) in [5, 5.41) is 7.96. The third kappa shape index (κ3) is 2.93. The van der Waals surface area contributed by atoms with E-state index in [0.717, 1.165) is 5.56 Å². The van der Waals surface area contributed by atoms with Gasteiger partial charge < -0.3 is 9.73 Å². The van der Waals surface area contributed by atoms with Crippen LogP contribution in [0.2, 0.25) is 0 Å². The van der Waals surface area contributed by atoms with Crippen molar-refractivity contribution < 1.29 is 9.21 Å². The van der Waals surface area contributed by atoms with Crippen molar-refractivity contribution in [2.45, 2.75) is 0 Å². The summed E-state index contributed by atoms with van der Waals surface area (Å²) in [6, 6.07) is 16.0. The smallest absolute Gasteiger partial charge is 0.274 e. The number of nitrogens with zero attached hydrogens (tertiary/aromatic N) is 1. The van der Waals surface area contributed by atoms with Gasteiger partial charge in [-0.2, -0.15) is 0 Å². The van der Waals surface area contributed by atoms with Crippen LogP contribution in [0, 0.1) is 0 Å². The standard InChI is InChI=1S/C19H14N4O3/c24-18(14-8-6-12(7-9-14)15-10-20-11-26-15)21-17-16(19(25)23-22-17)13-4-2-1-3-5-13/h1-11H,(H3,21,22,23,24,25). The zero-order valence-electron chi connectivity index (χ0n) is 13.5. The molecule has 0 unspecified atom stereocenters. The number of anilines is 1. The highest BCUT2D eigenvalue weighted by molar-refractivity contribution is 6.05. The molecule has 0 aliphatic heterocycles. The lowest BCUT2D eigenvalue weighted by Gasteiger charge is -2.06. The maximum absolute atomic E-state index is 12.5. The van der Waals surface area contributed by atoms with E-state index in [0.29, 0.717) is 28.3 Å². The number of benzene rings is 2. The molecule has 0 aliphatic carbocycles. The summed E-state index contributed by atoms with van der Waals surface area (Å²) < 4.78 is 5.23. The molecule has 128 valence electrons. The summed E-state index contributed by atoms with van der Waals surface area (Å²) in [4.78, 5) is 28.5. The van der Waals surface area contributed by atoms with Gasteiger partial charge >= 0.3 is 0 Å². The van der Waals surface area contributed by atoms with Gasteiger partial charge in [0.1, 0.15) is 5.82 Å². The van der Waals surface area contributed by atoms with E-state index in [4.69, 9.17) is 4.42 Å². The highest BCUT2D eigenvalue weighted by atomic mass is 16.3. The molecule has 0 saturated heterocycles. The van der Waals surface area contributed by atoms with Crippen LogP contribution in [0.5, 0.6) is 0 Å². The minimum atomic E-state index is -0.332. The van der Waals surface area contributed by atoms with E-state index in [2.05, 4.69) is 20.5 Å². The van der Waals surface area contributed by atoms with Crippen molar-refractivity contribution in [3.63, 3.8) is 0 Å². The van der Waals surface area contributed by atoms with Crippen molar-refractivity contribution in [1.29, 1.82) is 0 Å². The molecule has 0 atom stereocenters. The second-order valence-corrected chi connectivity index (χ2v) is 5.59. The van der Waals surface area contributed by atoms with E-state index in [1.807, 2.05) is 18.2 Å². The van der Waals surface area contributed by atoms with Crippen LogP contribution in [0.1, 0.15) is 10.4 Å². The van der Waals surface area contributed by atoms with Gasteiger partial charge in [0.05, 0.1) is 11.8 Å². The Kier molecular flexibility index (Phi) is 3.95. The molecule has 7 nitrogen and oxygen atoms in total. The Morgan fingerprint density at radius 3 is 2.42 bits per heavy atom. The zero-order valence-corrected chi connectivity index (χ0v) is 13.5. The molecule has 1 amide bonds. The van der Waals surface area contributed by atoms with Crippen molar-refractivity contribution in [1.82, 2.24) is 15.2 Å². The second-order valence-electron chi connectivity index (χ2n) is 5.59. The van der Waals surface area contributed by atoms with E-state index in [1.54, 1.807) is 42.6 Å². The number of nitrogens with one attached hydrogen (secondary N) is 3. The number of aromatic nitrogens is 3. The summed E-state index contributed by atoms with van der Waals surface area (Å²) in [6.07, 6.45) is 2.95. The Balaban J connectivity index is 1.59. The SMILES string of the molecule is O=C(Nc1[nH][nH]c(=O)c1-c1ccccc1)c1ccc(-c2cnco2)cc1. The average molecular weight is 346 g/mol. The highest BCUT2D eigenvalue weighted by Crippen LogP contribution is 2.23. The maximum Gasteiger partial charge on any atom is 0.274 e. The van der Waals surface area contributed by atoms with Crippen LogP contribution in [-0.2, 0) is 0 Å². The van der Waals surface area contributed by atoms with Crippen molar-refractivity contribution in [2.24, 2.45) is 0 Å². The molecular formula is C19H14N4O3. The van der Waals surface area contributed by atoms with Gasteiger partial charge in [0.2, 0.25) is 0 Å². The van der Waals surface area contributed by atoms with Gasteiger partial charge in [-0.3, -0.25) is 19.8 Å². The number of hydrogen-bond donors (Lipinski definition) is 3. The van der Waals surface area contributed by atoms with Crippen LogP contribution >= 0.6 is 0 Å². The highest BCUT2D eigenvalue weighted by Gasteiger charge is 2.15. The van der Waals surface area contributed by atoms with Crippen LogP contribution in [0.4, 0.5) is 5.82 Å². The first-order valence-corrected chi connectivity index (χ1v) is 7.89. The van der Waals surface area contributed by atoms with E-state index in [1.165, 1.54) is 6.39 Å². The Hall–Kier alpha value is -3.87. The summed E-state index contributed by atoms with van der Waals surface area (Å²) in [5.74, 6) is 0.616. The fourth-order valence-corrected chi connectivity index (χ4v) is 2.66. The molecule has 7 heteroatoms.